The van der Waals surface area contributed by atoms with E-state index in [-0.39, 0.29) is 0 Å². The van der Waals surface area contributed by atoms with Gasteiger partial charge in [-0.1, -0.05) is 37.3 Å². The van der Waals surface area contributed by atoms with E-state index < -0.39 is 0 Å². The van der Waals surface area contributed by atoms with E-state index in [0.717, 1.165) is 19.3 Å². The fourth-order valence-corrected chi connectivity index (χ4v) is 2.15. The van der Waals surface area contributed by atoms with Gasteiger partial charge in [0.2, 0.25) is 0 Å². The quantitative estimate of drug-likeness (QED) is 0.619. The van der Waals surface area contributed by atoms with Gasteiger partial charge in [-0.25, -0.2) is 0 Å². The van der Waals surface area contributed by atoms with Crippen molar-refractivity contribution in [3.05, 3.63) is 47.7 Å². The first-order chi connectivity index (χ1) is 7.77. The molecule has 1 aliphatic carbocycles. The summed E-state index contributed by atoms with van der Waals surface area (Å²) < 4.78 is 0. The Morgan fingerprint density at radius 2 is 2.19 bits per heavy atom. The van der Waals surface area contributed by atoms with Crippen LogP contribution in [0.25, 0.3) is 0 Å². The molecule has 1 heteroatoms. The summed E-state index contributed by atoms with van der Waals surface area (Å²) in [5.41, 5.74) is 3.91. The number of rotatable bonds is 1. The van der Waals surface area contributed by atoms with Gasteiger partial charge in [0, 0.05) is 11.9 Å². The van der Waals surface area contributed by atoms with Crippen molar-refractivity contribution in [3.63, 3.8) is 0 Å². The zero-order valence-electron chi connectivity index (χ0n) is 10.1. The molecule has 16 heavy (non-hydrogen) atoms. The molecule has 0 saturated carbocycles. The van der Waals surface area contributed by atoms with E-state index in [1.54, 1.807) is 0 Å². The van der Waals surface area contributed by atoms with Crippen LogP contribution >= 0.6 is 0 Å². The summed E-state index contributed by atoms with van der Waals surface area (Å²) in [5, 5.41) is 0. The van der Waals surface area contributed by atoms with Crippen LogP contribution in [-0.2, 0) is 0 Å². The van der Waals surface area contributed by atoms with Crippen LogP contribution in [0.5, 0.6) is 0 Å². The molecule has 1 nitrogen and oxygen atoms in total. The normalized spacial score (nSPS) is 25.4. The van der Waals surface area contributed by atoms with Crippen molar-refractivity contribution in [2.24, 2.45) is 10.9 Å². The highest BCUT2D eigenvalue weighted by Crippen LogP contribution is 2.23. The summed E-state index contributed by atoms with van der Waals surface area (Å²) in [7, 11) is 0. The largest absolute Gasteiger partial charge is 0.261 e. The molecule has 0 radical (unpaired) electrons. The first-order valence-corrected chi connectivity index (χ1v) is 6.03. The highest BCUT2D eigenvalue weighted by molar-refractivity contribution is 6.04. The predicted octanol–water partition coefficient (Wildman–Crippen LogP) is 4.20. The molecule has 1 aliphatic heterocycles. The first kappa shape index (κ1) is 11.1. The molecular formula is C15H19N. The molecule has 0 saturated heterocycles. The average Bonchev–Trinajstić information content (AvgIpc) is 2.58. The van der Waals surface area contributed by atoms with Crippen LogP contribution < -0.4 is 0 Å². The number of allylic oxidation sites excluding steroid dienone is 7. The highest BCUT2D eigenvalue weighted by Gasteiger charge is 2.14. The van der Waals surface area contributed by atoms with Gasteiger partial charge in [-0.3, -0.25) is 4.99 Å². The SMILES string of the molecule is CC1=CC=CCC=C1C1=NC=CCC(C)C1. The van der Waals surface area contributed by atoms with Crippen molar-refractivity contribution >= 4 is 5.71 Å². The molecule has 0 spiro atoms. The Bertz CT molecular complexity index is 405. The van der Waals surface area contributed by atoms with E-state index in [1.165, 1.54) is 16.9 Å². The van der Waals surface area contributed by atoms with Crippen LogP contribution in [-0.4, -0.2) is 5.71 Å². The molecule has 0 N–H and O–H groups in total. The van der Waals surface area contributed by atoms with Crippen molar-refractivity contribution in [2.45, 2.75) is 33.1 Å². The number of aliphatic imine (C=N–C) groups is 1. The summed E-state index contributed by atoms with van der Waals surface area (Å²) in [6.07, 6.45) is 16.2. The lowest BCUT2D eigenvalue weighted by Crippen LogP contribution is -2.08. The van der Waals surface area contributed by atoms with Gasteiger partial charge in [-0.15, -0.1) is 0 Å². The van der Waals surface area contributed by atoms with Crippen LogP contribution in [0.15, 0.2) is 52.7 Å². The summed E-state index contributed by atoms with van der Waals surface area (Å²) in [6.45, 7) is 4.46. The summed E-state index contributed by atoms with van der Waals surface area (Å²) in [5.74, 6) is 0.697. The molecule has 2 rings (SSSR count). The van der Waals surface area contributed by atoms with E-state index in [2.05, 4.69) is 49.2 Å². The van der Waals surface area contributed by atoms with Crippen molar-refractivity contribution in [1.82, 2.24) is 0 Å². The molecule has 0 aromatic heterocycles. The van der Waals surface area contributed by atoms with Gasteiger partial charge in [0.05, 0.1) is 0 Å². The fourth-order valence-electron chi connectivity index (χ4n) is 2.15. The summed E-state index contributed by atoms with van der Waals surface area (Å²) in [6, 6.07) is 0. The van der Waals surface area contributed by atoms with Crippen LogP contribution in [0.2, 0.25) is 0 Å². The van der Waals surface area contributed by atoms with E-state index in [0.29, 0.717) is 5.92 Å². The van der Waals surface area contributed by atoms with Gasteiger partial charge < -0.3 is 0 Å². The Morgan fingerprint density at radius 1 is 1.31 bits per heavy atom. The monoisotopic (exact) mass is 213 g/mol. The average molecular weight is 213 g/mol. The molecule has 1 atom stereocenters. The minimum Gasteiger partial charge on any atom is -0.261 e. The summed E-state index contributed by atoms with van der Waals surface area (Å²) >= 11 is 0. The van der Waals surface area contributed by atoms with Crippen molar-refractivity contribution in [1.29, 1.82) is 0 Å². The molecule has 84 valence electrons. The topological polar surface area (TPSA) is 12.4 Å². The van der Waals surface area contributed by atoms with E-state index >= 15 is 0 Å². The molecule has 0 bridgehead atoms. The first-order valence-electron chi connectivity index (χ1n) is 6.03. The molecule has 0 aromatic carbocycles. The maximum Gasteiger partial charge on any atom is 0.0478 e. The van der Waals surface area contributed by atoms with Crippen molar-refractivity contribution < 1.29 is 0 Å². The molecule has 0 amide bonds. The van der Waals surface area contributed by atoms with Crippen LogP contribution in [0, 0.1) is 5.92 Å². The molecule has 0 aromatic rings. The molecule has 2 aliphatic rings. The third-order valence-corrected chi connectivity index (χ3v) is 3.09. The number of hydrogen-bond acceptors (Lipinski definition) is 1. The Kier molecular flexibility index (Phi) is 3.55. The Hall–Kier alpha value is -1.37. The lowest BCUT2D eigenvalue weighted by Gasteiger charge is -2.13. The maximum atomic E-state index is 4.59. The zero-order valence-corrected chi connectivity index (χ0v) is 10.1. The molecule has 0 fully saturated rings. The lowest BCUT2D eigenvalue weighted by molar-refractivity contribution is 0.624. The highest BCUT2D eigenvalue weighted by atomic mass is 14.7. The van der Waals surface area contributed by atoms with Crippen molar-refractivity contribution in [3.8, 4) is 0 Å². The maximum absolute atomic E-state index is 4.59. The van der Waals surface area contributed by atoms with Gasteiger partial charge in [0.1, 0.15) is 0 Å². The van der Waals surface area contributed by atoms with Crippen LogP contribution in [0.1, 0.15) is 33.1 Å². The smallest absolute Gasteiger partial charge is 0.0478 e. The fraction of sp³-hybridized carbons (Fsp3) is 0.400. The Morgan fingerprint density at radius 3 is 3.06 bits per heavy atom. The third-order valence-electron chi connectivity index (χ3n) is 3.09. The van der Waals surface area contributed by atoms with Gasteiger partial charge in [0.25, 0.3) is 0 Å². The van der Waals surface area contributed by atoms with Crippen molar-refractivity contribution in [2.75, 3.05) is 0 Å². The zero-order chi connectivity index (χ0) is 11.4. The standard InChI is InChI=1S/C15H19N/c1-12-7-6-10-16-15(11-12)14-9-5-3-4-8-13(14)2/h3-4,6,8-10,12H,5,7,11H2,1-2H3. The number of hydrogen-bond donors (Lipinski definition) is 0. The minimum absolute atomic E-state index is 0.697. The second kappa shape index (κ2) is 5.11. The van der Waals surface area contributed by atoms with Gasteiger partial charge in [-0.2, -0.15) is 0 Å². The minimum atomic E-state index is 0.697. The molecule has 1 heterocycles. The van der Waals surface area contributed by atoms with Gasteiger partial charge in [-0.05, 0) is 43.3 Å². The number of nitrogens with zero attached hydrogens (tertiary/aromatic N) is 1. The predicted molar refractivity (Wildman–Crippen MR) is 70.6 cm³/mol. The summed E-state index contributed by atoms with van der Waals surface area (Å²) in [4.78, 5) is 4.59. The molecular weight excluding hydrogens is 194 g/mol. The lowest BCUT2D eigenvalue weighted by atomic mass is 9.93. The molecule has 1 unspecified atom stereocenters. The van der Waals surface area contributed by atoms with E-state index in [4.69, 9.17) is 0 Å². The third kappa shape index (κ3) is 2.60. The second-order valence-corrected chi connectivity index (χ2v) is 4.64. The van der Waals surface area contributed by atoms with Gasteiger partial charge in [0.15, 0.2) is 0 Å². The van der Waals surface area contributed by atoms with E-state index in [1.807, 2.05) is 6.20 Å². The Labute approximate surface area is 98.0 Å². The Balaban J connectivity index is 2.27. The van der Waals surface area contributed by atoms with Gasteiger partial charge >= 0.3 is 0 Å². The van der Waals surface area contributed by atoms with Crippen LogP contribution in [0.4, 0.5) is 0 Å². The second-order valence-electron chi connectivity index (χ2n) is 4.64. The van der Waals surface area contributed by atoms with Crippen LogP contribution in [0.3, 0.4) is 0 Å². The van der Waals surface area contributed by atoms with E-state index in [9.17, 15) is 0 Å².